The Kier molecular flexibility index (Phi) is 4.73. The first-order valence-corrected chi connectivity index (χ1v) is 7.56. The normalized spacial score (nSPS) is 15.1. The van der Waals surface area contributed by atoms with E-state index in [1.165, 1.54) is 6.26 Å². The highest BCUT2D eigenvalue weighted by atomic mass is 16.5. The maximum atomic E-state index is 12.2. The smallest absolute Gasteiger partial charge is 0.291 e. The Bertz CT molecular complexity index is 676. The van der Waals surface area contributed by atoms with Gasteiger partial charge in [-0.05, 0) is 43.2 Å². The van der Waals surface area contributed by atoms with Gasteiger partial charge in [0.05, 0.1) is 6.26 Å². The van der Waals surface area contributed by atoms with Crippen LogP contribution in [-0.2, 0) is 9.53 Å². The SMILES string of the molecule is O=C(Nc1cccc(NC(=O)C2CCOCC2)c1)c1ccco1. The lowest BCUT2D eigenvalue weighted by Gasteiger charge is -2.21. The van der Waals surface area contributed by atoms with E-state index in [2.05, 4.69) is 10.6 Å². The summed E-state index contributed by atoms with van der Waals surface area (Å²) in [5.41, 5.74) is 1.25. The molecule has 0 saturated carbocycles. The lowest BCUT2D eigenvalue weighted by molar-refractivity contribution is -0.122. The van der Waals surface area contributed by atoms with Crippen LogP contribution in [0.1, 0.15) is 23.4 Å². The highest BCUT2D eigenvalue weighted by Gasteiger charge is 2.21. The number of hydrogen-bond donors (Lipinski definition) is 2. The van der Waals surface area contributed by atoms with Crippen molar-refractivity contribution < 1.29 is 18.7 Å². The summed E-state index contributed by atoms with van der Waals surface area (Å²) in [6.45, 7) is 1.24. The van der Waals surface area contributed by atoms with E-state index in [9.17, 15) is 9.59 Å². The number of carbonyl (C=O) groups is 2. The minimum absolute atomic E-state index is 0.0113. The van der Waals surface area contributed by atoms with E-state index in [0.29, 0.717) is 24.6 Å². The number of benzene rings is 1. The third-order valence-corrected chi connectivity index (χ3v) is 3.73. The third-order valence-electron chi connectivity index (χ3n) is 3.73. The van der Waals surface area contributed by atoms with Crippen molar-refractivity contribution in [3.63, 3.8) is 0 Å². The molecule has 2 heterocycles. The second kappa shape index (κ2) is 7.11. The maximum Gasteiger partial charge on any atom is 0.291 e. The molecule has 0 spiro atoms. The summed E-state index contributed by atoms with van der Waals surface area (Å²) in [5, 5.41) is 5.62. The molecule has 1 fully saturated rings. The van der Waals surface area contributed by atoms with Crippen LogP contribution in [0.4, 0.5) is 11.4 Å². The Morgan fingerprint density at radius 2 is 1.74 bits per heavy atom. The van der Waals surface area contributed by atoms with E-state index >= 15 is 0 Å². The van der Waals surface area contributed by atoms with Crippen LogP contribution < -0.4 is 10.6 Å². The van der Waals surface area contributed by atoms with Gasteiger partial charge in [-0.2, -0.15) is 0 Å². The van der Waals surface area contributed by atoms with Gasteiger partial charge in [-0.15, -0.1) is 0 Å². The van der Waals surface area contributed by atoms with E-state index < -0.39 is 0 Å². The molecule has 0 unspecified atom stereocenters. The van der Waals surface area contributed by atoms with Gasteiger partial charge < -0.3 is 19.8 Å². The first-order chi connectivity index (χ1) is 11.2. The molecule has 1 aromatic heterocycles. The lowest BCUT2D eigenvalue weighted by atomic mass is 9.99. The van der Waals surface area contributed by atoms with Crippen LogP contribution in [0.3, 0.4) is 0 Å². The lowest BCUT2D eigenvalue weighted by Crippen LogP contribution is -2.28. The monoisotopic (exact) mass is 314 g/mol. The molecule has 1 aromatic carbocycles. The summed E-state index contributed by atoms with van der Waals surface area (Å²) >= 11 is 0. The first-order valence-electron chi connectivity index (χ1n) is 7.56. The zero-order valence-electron chi connectivity index (χ0n) is 12.6. The Labute approximate surface area is 133 Å². The fourth-order valence-corrected chi connectivity index (χ4v) is 2.48. The number of anilines is 2. The number of hydrogen-bond acceptors (Lipinski definition) is 4. The van der Waals surface area contributed by atoms with Gasteiger partial charge in [0.2, 0.25) is 5.91 Å². The van der Waals surface area contributed by atoms with E-state index in [4.69, 9.17) is 9.15 Å². The fourth-order valence-electron chi connectivity index (χ4n) is 2.48. The molecule has 1 saturated heterocycles. The molecule has 0 bridgehead atoms. The molecule has 2 amide bonds. The van der Waals surface area contributed by atoms with Gasteiger partial charge >= 0.3 is 0 Å². The van der Waals surface area contributed by atoms with Crippen LogP contribution in [0.2, 0.25) is 0 Å². The molecule has 120 valence electrons. The van der Waals surface area contributed by atoms with Crippen LogP contribution in [0, 0.1) is 5.92 Å². The molecule has 6 nitrogen and oxygen atoms in total. The summed E-state index contributed by atoms with van der Waals surface area (Å²) in [4.78, 5) is 24.2. The van der Waals surface area contributed by atoms with E-state index in [-0.39, 0.29) is 23.5 Å². The molecule has 3 rings (SSSR count). The van der Waals surface area contributed by atoms with E-state index in [0.717, 1.165) is 12.8 Å². The number of furan rings is 1. The molecule has 2 aromatic rings. The number of rotatable bonds is 4. The van der Waals surface area contributed by atoms with Crippen molar-refractivity contribution in [3.8, 4) is 0 Å². The highest BCUT2D eigenvalue weighted by Crippen LogP contribution is 2.20. The van der Waals surface area contributed by atoms with Crippen LogP contribution in [0.5, 0.6) is 0 Å². The fraction of sp³-hybridized carbons (Fsp3) is 0.294. The predicted molar refractivity (Wildman–Crippen MR) is 85.3 cm³/mol. The quantitative estimate of drug-likeness (QED) is 0.909. The summed E-state index contributed by atoms with van der Waals surface area (Å²) in [7, 11) is 0. The molecule has 2 N–H and O–H groups in total. The van der Waals surface area contributed by atoms with Crippen LogP contribution in [0.15, 0.2) is 47.1 Å². The Hall–Kier alpha value is -2.60. The van der Waals surface area contributed by atoms with E-state index in [1.54, 1.807) is 36.4 Å². The molecule has 0 aliphatic carbocycles. The van der Waals surface area contributed by atoms with Crippen molar-refractivity contribution in [2.75, 3.05) is 23.8 Å². The average molecular weight is 314 g/mol. The Balaban J connectivity index is 1.62. The molecular formula is C17H18N2O4. The van der Waals surface area contributed by atoms with Gasteiger partial charge in [0, 0.05) is 30.5 Å². The molecule has 1 aliphatic heterocycles. The van der Waals surface area contributed by atoms with Gasteiger partial charge in [0.1, 0.15) is 0 Å². The first kappa shape index (κ1) is 15.3. The Morgan fingerprint density at radius 1 is 1.00 bits per heavy atom. The molecule has 23 heavy (non-hydrogen) atoms. The summed E-state index contributed by atoms with van der Waals surface area (Å²) < 4.78 is 10.3. The van der Waals surface area contributed by atoms with Crippen molar-refractivity contribution in [2.24, 2.45) is 5.92 Å². The van der Waals surface area contributed by atoms with Crippen molar-refractivity contribution in [3.05, 3.63) is 48.4 Å². The number of carbonyl (C=O) groups excluding carboxylic acids is 2. The minimum Gasteiger partial charge on any atom is -0.459 e. The third kappa shape index (κ3) is 3.98. The van der Waals surface area contributed by atoms with Crippen LogP contribution >= 0.6 is 0 Å². The average Bonchev–Trinajstić information content (AvgIpc) is 3.10. The van der Waals surface area contributed by atoms with Crippen molar-refractivity contribution in [2.45, 2.75) is 12.8 Å². The van der Waals surface area contributed by atoms with Gasteiger partial charge in [0.15, 0.2) is 5.76 Å². The van der Waals surface area contributed by atoms with Gasteiger partial charge in [0.25, 0.3) is 5.91 Å². The van der Waals surface area contributed by atoms with Gasteiger partial charge in [-0.1, -0.05) is 6.07 Å². The second-order valence-electron chi connectivity index (χ2n) is 5.39. The summed E-state index contributed by atoms with van der Waals surface area (Å²) in [5.74, 6) is -0.127. The minimum atomic E-state index is -0.331. The van der Waals surface area contributed by atoms with Crippen LogP contribution in [-0.4, -0.2) is 25.0 Å². The zero-order chi connectivity index (χ0) is 16.1. The predicted octanol–water partition coefficient (Wildman–Crippen LogP) is 2.90. The molecular weight excluding hydrogens is 296 g/mol. The zero-order valence-corrected chi connectivity index (χ0v) is 12.6. The van der Waals surface area contributed by atoms with Crippen molar-refractivity contribution in [1.29, 1.82) is 0 Å². The molecule has 0 radical (unpaired) electrons. The van der Waals surface area contributed by atoms with E-state index in [1.807, 2.05) is 0 Å². The standard InChI is InChI=1S/C17H18N2O4/c20-16(12-6-9-22-10-7-12)18-13-3-1-4-14(11-13)19-17(21)15-5-2-8-23-15/h1-5,8,11-12H,6-7,9-10H2,(H,18,20)(H,19,21). The van der Waals surface area contributed by atoms with Crippen molar-refractivity contribution in [1.82, 2.24) is 0 Å². The molecule has 1 aliphatic rings. The summed E-state index contributed by atoms with van der Waals surface area (Å²) in [6, 6.07) is 10.3. The topological polar surface area (TPSA) is 80.6 Å². The largest absolute Gasteiger partial charge is 0.459 e. The van der Waals surface area contributed by atoms with Crippen LogP contribution in [0.25, 0.3) is 0 Å². The number of ether oxygens (including phenoxy) is 1. The molecule has 6 heteroatoms. The van der Waals surface area contributed by atoms with Gasteiger partial charge in [-0.3, -0.25) is 9.59 Å². The number of nitrogens with one attached hydrogen (secondary N) is 2. The number of amides is 2. The second-order valence-corrected chi connectivity index (χ2v) is 5.39. The molecule has 0 atom stereocenters. The highest BCUT2D eigenvalue weighted by molar-refractivity contribution is 6.02. The van der Waals surface area contributed by atoms with Crippen molar-refractivity contribution >= 4 is 23.2 Å². The summed E-state index contributed by atoms with van der Waals surface area (Å²) in [6.07, 6.45) is 2.92. The Morgan fingerprint density at radius 3 is 2.43 bits per heavy atom. The maximum absolute atomic E-state index is 12.2. The van der Waals surface area contributed by atoms with Gasteiger partial charge in [-0.25, -0.2) is 0 Å².